The van der Waals surface area contributed by atoms with Crippen molar-refractivity contribution >= 4 is 10.0 Å². The molecule has 1 unspecified atom stereocenters. The molecule has 2 rings (SSSR count). The van der Waals surface area contributed by atoms with Gasteiger partial charge in [-0.25, -0.2) is 8.42 Å². The number of nitrogens with two attached hydrogens (primary N) is 1. The van der Waals surface area contributed by atoms with E-state index in [1.807, 2.05) is 31.2 Å². The van der Waals surface area contributed by atoms with E-state index in [1.54, 1.807) is 4.31 Å². The molecule has 1 aromatic carbocycles. The van der Waals surface area contributed by atoms with E-state index in [2.05, 4.69) is 0 Å². The van der Waals surface area contributed by atoms with Crippen LogP contribution in [0.15, 0.2) is 24.3 Å². The Balaban J connectivity index is 2.10. The first-order valence-electron chi connectivity index (χ1n) is 6.92. The largest absolute Gasteiger partial charge is 0.375 e. The number of ether oxygens (including phenoxy) is 1. The molecule has 0 aliphatic carbocycles. The molecule has 112 valence electrons. The lowest BCUT2D eigenvalue weighted by Gasteiger charge is -2.31. The summed E-state index contributed by atoms with van der Waals surface area (Å²) in [5, 5.41) is 0. The van der Waals surface area contributed by atoms with Crippen molar-refractivity contribution in [3.05, 3.63) is 35.4 Å². The van der Waals surface area contributed by atoms with E-state index in [-0.39, 0.29) is 11.9 Å². The summed E-state index contributed by atoms with van der Waals surface area (Å²) in [6, 6.07) is 7.43. The third kappa shape index (κ3) is 3.79. The Kier molecular flexibility index (Phi) is 5.15. The van der Waals surface area contributed by atoms with Gasteiger partial charge in [-0.05, 0) is 17.5 Å². The van der Waals surface area contributed by atoms with Crippen LogP contribution in [0.25, 0.3) is 0 Å². The highest BCUT2D eigenvalue weighted by Crippen LogP contribution is 2.17. The van der Waals surface area contributed by atoms with Gasteiger partial charge < -0.3 is 10.5 Å². The van der Waals surface area contributed by atoms with E-state index in [4.69, 9.17) is 10.5 Å². The fraction of sp³-hybridized carbons (Fsp3) is 0.571. The summed E-state index contributed by atoms with van der Waals surface area (Å²) >= 11 is 0. The Morgan fingerprint density at radius 3 is 2.85 bits per heavy atom. The molecule has 0 bridgehead atoms. The van der Waals surface area contributed by atoms with Crippen molar-refractivity contribution in [2.45, 2.75) is 31.7 Å². The van der Waals surface area contributed by atoms with Gasteiger partial charge in [0.25, 0.3) is 0 Å². The minimum Gasteiger partial charge on any atom is -0.375 e. The van der Waals surface area contributed by atoms with E-state index in [9.17, 15) is 8.42 Å². The molecule has 1 heterocycles. The summed E-state index contributed by atoms with van der Waals surface area (Å²) in [5.41, 5.74) is 7.32. The average molecular weight is 298 g/mol. The SMILES string of the molecule is CCC1CN(S(=O)(=O)Cc2cccc(CN)c2)CCO1. The van der Waals surface area contributed by atoms with Gasteiger partial charge in [-0.1, -0.05) is 31.2 Å². The van der Waals surface area contributed by atoms with Crippen molar-refractivity contribution in [1.82, 2.24) is 4.31 Å². The first-order valence-corrected chi connectivity index (χ1v) is 8.53. The Labute approximate surface area is 120 Å². The zero-order chi connectivity index (χ0) is 14.6. The van der Waals surface area contributed by atoms with Crippen LogP contribution in [0.3, 0.4) is 0 Å². The molecule has 2 N–H and O–H groups in total. The molecular weight excluding hydrogens is 276 g/mol. The highest BCUT2D eigenvalue weighted by molar-refractivity contribution is 7.88. The second kappa shape index (κ2) is 6.67. The maximum atomic E-state index is 12.5. The number of sulfonamides is 1. The third-order valence-electron chi connectivity index (χ3n) is 3.53. The zero-order valence-electron chi connectivity index (χ0n) is 11.8. The number of benzene rings is 1. The fourth-order valence-corrected chi connectivity index (χ4v) is 3.87. The molecule has 1 fully saturated rings. The van der Waals surface area contributed by atoms with E-state index in [0.29, 0.717) is 26.2 Å². The van der Waals surface area contributed by atoms with Gasteiger partial charge in [-0.15, -0.1) is 0 Å². The molecule has 0 aromatic heterocycles. The second-order valence-electron chi connectivity index (χ2n) is 5.04. The minimum absolute atomic E-state index is 0.00824. The lowest BCUT2D eigenvalue weighted by Crippen LogP contribution is -2.45. The van der Waals surface area contributed by atoms with E-state index in [1.165, 1.54) is 0 Å². The van der Waals surface area contributed by atoms with Gasteiger partial charge in [0.1, 0.15) is 0 Å². The van der Waals surface area contributed by atoms with Gasteiger partial charge in [-0.2, -0.15) is 4.31 Å². The Morgan fingerprint density at radius 2 is 2.15 bits per heavy atom. The molecule has 0 radical (unpaired) electrons. The van der Waals surface area contributed by atoms with Crippen molar-refractivity contribution < 1.29 is 13.2 Å². The predicted octanol–water partition coefficient (Wildman–Crippen LogP) is 1.09. The van der Waals surface area contributed by atoms with Crippen molar-refractivity contribution in [3.63, 3.8) is 0 Å². The highest BCUT2D eigenvalue weighted by atomic mass is 32.2. The monoisotopic (exact) mass is 298 g/mol. The summed E-state index contributed by atoms with van der Waals surface area (Å²) in [7, 11) is -3.29. The normalized spacial score (nSPS) is 21.0. The lowest BCUT2D eigenvalue weighted by molar-refractivity contribution is -0.00282. The van der Waals surface area contributed by atoms with Crippen LogP contribution in [0.4, 0.5) is 0 Å². The first kappa shape index (κ1) is 15.4. The standard InChI is InChI=1S/C14H22N2O3S/c1-2-14-10-16(6-7-19-14)20(17,18)11-13-5-3-4-12(8-13)9-15/h3-5,8,14H,2,6-7,9-11,15H2,1H3. The number of hydrogen-bond donors (Lipinski definition) is 1. The van der Waals surface area contributed by atoms with Gasteiger partial charge >= 0.3 is 0 Å². The number of rotatable bonds is 5. The number of hydrogen-bond acceptors (Lipinski definition) is 4. The van der Waals surface area contributed by atoms with Crippen molar-refractivity contribution in [1.29, 1.82) is 0 Å². The van der Waals surface area contributed by atoms with Gasteiger partial charge in [0, 0.05) is 19.6 Å². The Hall–Kier alpha value is -0.950. The topological polar surface area (TPSA) is 72.6 Å². The molecular formula is C14H22N2O3S. The van der Waals surface area contributed by atoms with Crippen molar-refractivity contribution in [2.75, 3.05) is 19.7 Å². The van der Waals surface area contributed by atoms with E-state index >= 15 is 0 Å². The van der Waals surface area contributed by atoms with Gasteiger partial charge in [0.05, 0.1) is 18.5 Å². The van der Waals surface area contributed by atoms with Crippen LogP contribution in [0, 0.1) is 0 Å². The molecule has 5 nitrogen and oxygen atoms in total. The molecule has 1 atom stereocenters. The lowest BCUT2D eigenvalue weighted by atomic mass is 10.1. The molecule has 0 spiro atoms. The van der Waals surface area contributed by atoms with Crippen molar-refractivity contribution in [2.24, 2.45) is 5.73 Å². The van der Waals surface area contributed by atoms with Crippen LogP contribution < -0.4 is 5.73 Å². The summed E-state index contributed by atoms with van der Waals surface area (Å²) in [5.74, 6) is 0.0251. The molecule has 1 aliphatic heterocycles. The predicted molar refractivity (Wildman–Crippen MR) is 78.6 cm³/mol. The molecule has 1 aliphatic rings. The summed E-state index contributed by atoms with van der Waals surface area (Å²) in [6.45, 7) is 3.79. The molecule has 0 amide bonds. The van der Waals surface area contributed by atoms with Crippen LogP contribution in [0.1, 0.15) is 24.5 Å². The maximum absolute atomic E-state index is 12.5. The second-order valence-corrected chi connectivity index (χ2v) is 7.01. The summed E-state index contributed by atoms with van der Waals surface area (Å²) in [4.78, 5) is 0. The Bertz CT molecular complexity index is 545. The minimum atomic E-state index is -3.29. The molecule has 20 heavy (non-hydrogen) atoms. The Morgan fingerprint density at radius 1 is 1.40 bits per heavy atom. The van der Waals surface area contributed by atoms with Crippen LogP contribution in [0.5, 0.6) is 0 Å². The molecule has 1 aromatic rings. The maximum Gasteiger partial charge on any atom is 0.218 e. The molecule has 6 heteroatoms. The van der Waals surface area contributed by atoms with Gasteiger partial charge in [-0.3, -0.25) is 0 Å². The summed E-state index contributed by atoms with van der Waals surface area (Å²) in [6.07, 6.45) is 0.836. The molecule has 1 saturated heterocycles. The van der Waals surface area contributed by atoms with Crippen LogP contribution in [-0.4, -0.2) is 38.5 Å². The summed E-state index contributed by atoms with van der Waals surface area (Å²) < 4.78 is 32.0. The van der Waals surface area contributed by atoms with Crippen LogP contribution in [0.2, 0.25) is 0 Å². The number of morpholine rings is 1. The van der Waals surface area contributed by atoms with Crippen LogP contribution >= 0.6 is 0 Å². The van der Waals surface area contributed by atoms with E-state index < -0.39 is 10.0 Å². The first-order chi connectivity index (χ1) is 9.55. The van der Waals surface area contributed by atoms with E-state index in [0.717, 1.165) is 17.5 Å². The average Bonchev–Trinajstić information content (AvgIpc) is 2.47. The number of nitrogens with zero attached hydrogens (tertiary/aromatic N) is 1. The zero-order valence-corrected chi connectivity index (χ0v) is 12.6. The van der Waals surface area contributed by atoms with Crippen molar-refractivity contribution in [3.8, 4) is 0 Å². The van der Waals surface area contributed by atoms with Gasteiger partial charge in [0.15, 0.2) is 0 Å². The van der Waals surface area contributed by atoms with Crippen LogP contribution in [-0.2, 0) is 27.1 Å². The molecule has 0 saturated carbocycles. The third-order valence-corrected chi connectivity index (χ3v) is 5.34. The quantitative estimate of drug-likeness (QED) is 0.883. The highest BCUT2D eigenvalue weighted by Gasteiger charge is 2.28. The van der Waals surface area contributed by atoms with Gasteiger partial charge in [0.2, 0.25) is 10.0 Å². The fourth-order valence-electron chi connectivity index (χ4n) is 2.34. The smallest absolute Gasteiger partial charge is 0.218 e.